The predicted octanol–water partition coefficient (Wildman–Crippen LogP) is 2.05. The lowest BCUT2D eigenvalue weighted by Crippen LogP contribution is -2.45. The van der Waals surface area contributed by atoms with Crippen LogP contribution in [-0.2, 0) is 16.1 Å². The van der Waals surface area contributed by atoms with Crippen LogP contribution in [0, 0.1) is 5.92 Å². The molecule has 4 nitrogen and oxygen atoms in total. The third-order valence-corrected chi connectivity index (χ3v) is 4.18. The third-order valence-electron chi connectivity index (χ3n) is 3.93. The average molecular weight is 297 g/mol. The molecular weight excluding hydrogens is 276 g/mol. The second-order valence-electron chi connectivity index (χ2n) is 5.29. The van der Waals surface area contributed by atoms with Gasteiger partial charge in [0, 0.05) is 11.6 Å². The largest absolute Gasteiger partial charge is 0.468 e. The Kier molecular flexibility index (Phi) is 5.40. The molecule has 2 N–H and O–H groups in total. The van der Waals surface area contributed by atoms with Crippen molar-refractivity contribution >= 4 is 17.6 Å². The highest BCUT2D eigenvalue weighted by Gasteiger charge is 2.29. The first-order chi connectivity index (χ1) is 9.60. The Morgan fingerprint density at radius 2 is 2.00 bits per heavy atom. The number of esters is 1. The summed E-state index contributed by atoms with van der Waals surface area (Å²) in [5, 5.41) is 0.761. The normalized spacial score (nSPS) is 18.8. The van der Waals surface area contributed by atoms with E-state index in [4.69, 9.17) is 22.1 Å². The molecule has 0 aromatic heterocycles. The molecule has 1 heterocycles. The van der Waals surface area contributed by atoms with Gasteiger partial charge in [-0.2, -0.15) is 0 Å². The molecule has 0 radical (unpaired) electrons. The zero-order valence-corrected chi connectivity index (χ0v) is 12.5. The number of hydrogen-bond acceptors (Lipinski definition) is 4. The van der Waals surface area contributed by atoms with E-state index in [0.29, 0.717) is 0 Å². The van der Waals surface area contributed by atoms with Crippen molar-refractivity contribution in [3.05, 3.63) is 34.9 Å². The van der Waals surface area contributed by atoms with Gasteiger partial charge < -0.3 is 10.5 Å². The Bertz CT molecular complexity index is 442. The fourth-order valence-corrected chi connectivity index (χ4v) is 2.77. The van der Waals surface area contributed by atoms with Crippen LogP contribution in [-0.4, -0.2) is 37.1 Å². The maximum Gasteiger partial charge on any atom is 0.322 e. The maximum absolute atomic E-state index is 11.4. The van der Waals surface area contributed by atoms with Crippen molar-refractivity contribution < 1.29 is 9.53 Å². The number of piperidine rings is 1. The average Bonchev–Trinajstić information content (AvgIpc) is 2.49. The van der Waals surface area contributed by atoms with Gasteiger partial charge in [0.1, 0.15) is 6.04 Å². The molecule has 20 heavy (non-hydrogen) atoms. The van der Waals surface area contributed by atoms with E-state index in [9.17, 15) is 4.79 Å². The lowest BCUT2D eigenvalue weighted by Gasteiger charge is -2.33. The topological polar surface area (TPSA) is 55.6 Å². The molecule has 1 aromatic carbocycles. The van der Waals surface area contributed by atoms with Gasteiger partial charge in [0.05, 0.1) is 7.11 Å². The minimum Gasteiger partial charge on any atom is -0.468 e. The lowest BCUT2D eigenvalue weighted by molar-refractivity contribution is -0.144. The Balaban J connectivity index is 1.82. The minimum absolute atomic E-state index is 0.226. The van der Waals surface area contributed by atoms with Crippen molar-refractivity contribution in [1.29, 1.82) is 0 Å². The van der Waals surface area contributed by atoms with Gasteiger partial charge in [0.2, 0.25) is 0 Å². The number of methoxy groups -OCH3 is 1. The number of nitrogens with two attached hydrogens (primary N) is 1. The van der Waals surface area contributed by atoms with Crippen LogP contribution in [0.3, 0.4) is 0 Å². The highest BCUT2D eigenvalue weighted by atomic mass is 35.5. The summed E-state index contributed by atoms with van der Waals surface area (Å²) < 4.78 is 4.71. The number of carbonyl (C=O) groups is 1. The summed E-state index contributed by atoms with van der Waals surface area (Å²) in [6, 6.07) is 7.44. The minimum atomic E-state index is -0.488. The first-order valence-corrected chi connectivity index (χ1v) is 7.28. The van der Waals surface area contributed by atoms with E-state index >= 15 is 0 Å². The van der Waals surface area contributed by atoms with Crippen LogP contribution in [0.5, 0.6) is 0 Å². The van der Waals surface area contributed by atoms with Gasteiger partial charge >= 0.3 is 5.97 Å². The van der Waals surface area contributed by atoms with Gasteiger partial charge in [-0.05, 0) is 49.5 Å². The fourth-order valence-electron chi connectivity index (χ4n) is 2.65. The molecule has 5 heteroatoms. The molecule has 1 fully saturated rings. The molecular formula is C15H21ClN2O2. The fraction of sp³-hybridized carbons (Fsp3) is 0.533. The summed E-state index contributed by atoms with van der Waals surface area (Å²) in [7, 11) is 1.39. The first-order valence-electron chi connectivity index (χ1n) is 6.90. The molecule has 1 aliphatic heterocycles. The maximum atomic E-state index is 11.4. The summed E-state index contributed by atoms with van der Waals surface area (Å²) in [5.74, 6) is -0.0786. The number of benzene rings is 1. The lowest BCUT2D eigenvalue weighted by atomic mass is 9.90. The van der Waals surface area contributed by atoms with Crippen LogP contribution >= 0.6 is 11.6 Å². The highest BCUT2D eigenvalue weighted by Crippen LogP contribution is 2.22. The highest BCUT2D eigenvalue weighted by molar-refractivity contribution is 6.30. The van der Waals surface area contributed by atoms with E-state index in [1.54, 1.807) is 0 Å². The standard InChI is InChI=1S/C15H21ClN2O2/c1-20-15(19)14(17)12-6-8-18(9-7-12)10-11-2-4-13(16)5-3-11/h2-5,12,14H,6-10,17H2,1H3. The van der Waals surface area contributed by atoms with Gasteiger partial charge in [0.25, 0.3) is 0 Å². The number of ether oxygens (including phenoxy) is 1. The van der Waals surface area contributed by atoms with Crippen LogP contribution in [0.15, 0.2) is 24.3 Å². The van der Waals surface area contributed by atoms with Crippen molar-refractivity contribution in [2.24, 2.45) is 11.7 Å². The van der Waals surface area contributed by atoms with E-state index in [0.717, 1.165) is 37.5 Å². The number of rotatable bonds is 4. The molecule has 110 valence electrons. The molecule has 1 aromatic rings. The first kappa shape index (κ1) is 15.3. The SMILES string of the molecule is COC(=O)C(N)C1CCN(Cc2ccc(Cl)cc2)CC1. The molecule has 1 saturated heterocycles. The summed E-state index contributed by atoms with van der Waals surface area (Å²) >= 11 is 5.88. The van der Waals surface area contributed by atoms with Gasteiger partial charge in [-0.25, -0.2) is 0 Å². The van der Waals surface area contributed by atoms with Gasteiger partial charge in [-0.3, -0.25) is 9.69 Å². The summed E-state index contributed by atoms with van der Waals surface area (Å²) in [6.45, 7) is 2.83. The van der Waals surface area contributed by atoms with Crippen molar-refractivity contribution in [2.75, 3.05) is 20.2 Å². The summed E-state index contributed by atoms with van der Waals surface area (Å²) in [5.41, 5.74) is 7.16. The van der Waals surface area contributed by atoms with Crippen LogP contribution in [0.2, 0.25) is 5.02 Å². The summed E-state index contributed by atoms with van der Waals surface area (Å²) in [6.07, 6.45) is 1.87. The van der Waals surface area contributed by atoms with Gasteiger partial charge in [0.15, 0.2) is 0 Å². The number of nitrogens with zero attached hydrogens (tertiary/aromatic N) is 1. The Morgan fingerprint density at radius 3 is 2.55 bits per heavy atom. The van der Waals surface area contributed by atoms with Crippen molar-refractivity contribution in [1.82, 2.24) is 4.90 Å². The number of halogens is 1. The van der Waals surface area contributed by atoms with Crippen LogP contribution in [0.4, 0.5) is 0 Å². The number of hydrogen-bond donors (Lipinski definition) is 1. The zero-order valence-electron chi connectivity index (χ0n) is 11.7. The molecule has 1 unspecified atom stereocenters. The molecule has 1 aliphatic rings. The summed E-state index contributed by atoms with van der Waals surface area (Å²) in [4.78, 5) is 13.8. The second-order valence-corrected chi connectivity index (χ2v) is 5.73. The zero-order chi connectivity index (χ0) is 14.5. The molecule has 0 aliphatic carbocycles. The monoisotopic (exact) mass is 296 g/mol. The third kappa shape index (κ3) is 3.95. The van der Waals surface area contributed by atoms with Crippen molar-refractivity contribution in [3.8, 4) is 0 Å². The smallest absolute Gasteiger partial charge is 0.322 e. The van der Waals surface area contributed by atoms with Crippen LogP contribution in [0.1, 0.15) is 18.4 Å². The number of carbonyl (C=O) groups excluding carboxylic acids is 1. The van der Waals surface area contributed by atoms with E-state index in [-0.39, 0.29) is 11.9 Å². The van der Waals surface area contributed by atoms with E-state index < -0.39 is 6.04 Å². The van der Waals surface area contributed by atoms with E-state index in [2.05, 4.69) is 17.0 Å². The van der Waals surface area contributed by atoms with Crippen molar-refractivity contribution in [2.45, 2.75) is 25.4 Å². The Morgan fingerprint density at radius 1 is 1.40 bits per heavy atom. The van der Waals surface area contributed by atoms with E-state index in [1.807, 2.05) is 12.1 Å². The molecule has 0 bridgehead atoms. The van der Waals surface area contributed by atoms with E-state index in [1.165, 1.54) is 12.7 Å². The molecule has 0 spiro atoms. The van der Waals surface area contributed by atoms with Crippen LogP contribution in [0.25, 0.3) is 0 Å². The van der Waals surface area contributed by atoms with Crippen LogP contribution < -0.4 is 5.73 Å². The van der Waals surface area contributed by atoms with Gasteiger partial charge in [-0.15, -0.1) is 0 Å². The number of likely N-dealkylation sites (tertiary alicyclic amines) is 1. The molecule has 2 rings (SSSR count). The molecule has 1 atom stereocenters. The van der Waals surface area contributed by atoms with Gasteiger partial charge in [-0.1, -0.05) is 23.7 Å². The Hall–Kier alpha value is -1.10. The quantitative estimate of drug-likeness (QED) is 0.864. The van der Waals surface area contributed by atoms with Crippen molar-refractivity contribution in [3.63, 3.8) is 0 Å². The predicted molar refractivity (Wildman–Crippen MR) is 79.4 cm³/mol. The molecule has 0 amide bonds. The second kappa shape index (κ2) is 7.07. The molecule has 0 saturated carbocycles. The Labute approximate surface area is 124 Å².